The number of hydrogen-bond acceptors (Lipinski definition) is 3. The van der Waals surface area contributed by atoms with Crippen molar-refractivity contribution in [3.63, 3.8) is 0 Å². The van der Waals surface area contributed by atoms with Crippen LogP contribution in [0.15, 0.2) is 18.2 Å². The van der Waals surface area contributed by atoms with Gasteiger partial charge in [0.2, 0.25) is 0 Å². The summed E-state index contributed by atoms with van der Waals surface area (Å²) in [5, 5.41) is 18.8. The summed E-state index contributed by atoms with van der Waals surface area (Å²) >= 11 is 0. The number of hydrogen-bond donors (Lipinski definition) is 2. The van der Waals surface area contributed by atoms with Gasteiger partial charge in [0, 0.05) is 19.2 Å². The van der Waals surface area contributed by atoms with Crippen molar-refractivity contribution in [3.05, 3.63) is 23.8 Å². The van der Waals surface area contributed by atoms with Crippen LogP contribution in [-0.4, -0.2) is 46.2 Å². The minimum atomic E-state index is -0.968. The summed E-state index contributed by atoms with van der Waals surface area (Å²) in [7, 11) is 0. The fraction of sp³-hybridized carbons (Fsp3) is 0.467. The number of rotatable bonds is 3. The Kier molecular flexibility index (Phi) is 4.35. The average molecular weight is 292 g/mol. The van der Waals surface area contributed by atoms with Crippen molar-refractivity contribution < 1.29 is 19.8 Å². The van der Waals surface area contributed by atoms with E-state index in [1.165, 1.54) is 15.9 Å². The molecule has 0 aliphatic carbocycles. The van der Waals surface area contributed by atoms with Gasteiger partial charge >= 0.3 is 12.0 Å². The van der Waals surface area contributed by atoms with Crippen LogP contribution < -0.4 is 4.90 Å². The maximum Gasteiger partial charge on any atom is 0.326 e. The van der Waals surface area contributed by atoms with Gasteiger partial charge in [-0.15, -0.1) is 0 Å². The highest BCUT2D eigenvalue weighted by atomic mass is 16.4. The minimum Gasteiger partial charge on any atom is -0.508 e. The van der Waals surface area contributed by atoms with Gasteiger partial charge < -0.3 is 15.1 Å². The van der Waals surface area contributed by atoms with E-state index in [1.54, 1.807) is 12.1 Å². The second-order valence-electron chi connectivity index (χ2n) is 5.19. The Morgan fingerprint density at radius 3 is 2.76 bits per heavy atom. The highest BCUT2D eigenvalue weighted by molar-refractivity contribution is 5.95. The molecule has 1 fully saturated rings. The molecule has 1 aromatic carbocycles. The number of carboxylic acid groups (broad SMARTS) is 1. The Bertz CT molecular complexity index is 559. The monoisotopic (exact) mass is 292 g/mol. The fourth-order valence-corrected chi connectivity index (χ4v) is 2.70. The third-order valence-corrected chi connectivity index (χ3v) is 3.81. The second kappa shape index (κ2) is 6.03. The number of anilines is 1. The van der Waals surface area contributed by atoms with E-state index >= 15 is 0 Å². The van der Waals surface area contributed by atoms with E-state index in [1.807, 2.05) is 13.8 Å². The molecule has 1 aromatic rings. The van der Waals surface area contributed by atoms with Crippen molar-refractivity contribution >= 4 is 17.7 Å². The predicted molar refractivity (Wildman–Crippen MR) is 78.6 cm³/mol. The second-order valence-corrected chi connectivity index (χ2v) is 5.19. The number of carbonyl (C=O) groups is 2. The molecular formula is C15H20N2O4. The highest BCUT2D eigenvalue weighted by Gasteiger charge is 2.36. The van der Waals surface area contributed by atoms with E-state index in [9.17, 15) is 19.8 Å². The summed E-state index contributed by atoms with van der Waals surface area (Å²) in [5.41, 5.74) is 1.47. The van der Waals surface area contributed by atoms with Gasteiger partial charge in [0.25, 0.3) is 0 Å². The number of amides is 2. The summed E-state index contributed by atoms with van der Waals surface area (Å²) in [6.45, 7) is 4.53. The van der Waals surface area contributed by atoms with Gasteiger partial charge in [-0.2, -0.15) is 0 Å². The standard InChI is InChI=1S/C15H20N2O4/c1-3-16(13-9-11(18)7-6-10(13)2)15(21)17-8-4-5-12(17)14(19)20/h6-7,9,12,18H,3-5,8H2,1-2H3,(H,19,20)/t12-/m1/s1. The Morgan fingerprint density at radius 1 is 1.43 bits per heavy atom. The van der Waals surface area contributed by atoms with Crippen LogP contribution in [0.2, 0.25) is 0 Å². The molecule has 0 saturated carbocycles. The third-order valence-electron chi connectivity index (χ3n) is 3.81. The van der Waals surface area contributed by atoms with Crippen LogP contribution in [0.1, 0.15) is 25.3 Å². The zero-order valence-electron chi connectivity index (χ0n) is 12.2. The van der Waals surface area contributed by atoms with Crippen molar-refractivity contribution in [2.24, 2.45) is 0 Å². The molecule has 2 rings (SSSR count). The number of phenolic OH excluding ortho intramolecular Hbond substituents is 1. The van der Waals surface area contributed by atoms with Crippen LogP contribution in [0.5, 0.6) is 5.75 Å². The first kappa shape index (κ1) is 15.2. The van der Waals surface area contributed by atoms with Gasteiger partial charge in [-0.05, 0) is 38.3 Å². The number of likely N-dealkylation sites (tertiary alicyclic amines) is 1. The molecule has 1 aliphatic heterocycles. The molecule has 0 spiro atoms. The molecule has 21 heavy (non-hydrogen) atoms. The maximum atomic E-state index is 12.7. The van der Waals surface area contributed by atoms with Gasteiger partial charge in [-0.1, -0.05) is 6.07 Å². The molecule has 1 aliphatic rings. The first-order chi connectivity index (χ1) is 9.95. The number of carbonyl (C=O) groups excluding carboxylic acids is 1. The van der Waals surface area contributed by atoms with Crippen molar-refractivity contribution in [1.82, 2.24) is 4.90 Å². The van der Waals surface area contributed by atoms with Crippen LogP contribution in [0.4, 0.5) is 10.5 Å². The molecule has 0 aromatic heterocycles. The van der Waals surface area contributed by atoms with E-state index in [2.05, 4.69) is 0 Å². The van der Waals surface area contributed by atoms with E-state index < -0.39 is 12.0 Å². The van der Waals surface area contributed by atoms with Gasteiger partial charge in [0.15, 0.2) is 0 Å². The number of phenols is 1. The van der Waals surface area contributed by atoms with Crippen molar-refractivity contribution in [2.75, 3.05) is 18.0 Å². The van der Waals surface area contributed by atoms with E-state index in [0.717, 1.165) is 5.56 Å². The minimum absolute atomic E-state index is 0.0815. The van der Waals surface area contributed by atoms with E-state index in [4.69, 9.17) is 0 Å². The van der Waals surface area contributed by atoms with Crippen molar-refractivity contribution in [1.29, 1.82) is 0 Å². The van der Waals surface area contributed by atoms with Gasteiger partial charge in [-0.3, -0.25) is 4.90 Å². The molecule has 0 radical (unpaired) electrons. The van der Waals surface area contributed by atoms with Crippen molar-refractivity contribution in [2.45, 2.75) is 32.7 Å². The first-order valence-corrected chi connectivity index (χ1v) is 7.06. The van der Waals surface area contributed by atoms with Crippen LogP contribution in [0.3, 0.4) is 0 Å². The summed E-state index contributed by atoms with van der Waals surface area (Å²) in [4.78, 5) is 26.8. The number of aliphatic carboxylic acids is 1. The maximum absolute atomic E-state index is 12.7. The van der Waals surface area contributed by atoms with E-state index in [-0.39, 0.29) is 11.8 Å². The lowest BCUT2D eigenvalue weighted by Crippen LogP contribution is -2.48. The van der Waals surface area contributed by atoms with Gasteiger partial charge in [0.05, 0.1) is 5.69 Å². The number of aryl methyl sites for hydroxylation is 1. The molecule has 6 nitrogen and oxygen atoms in total. The predicted octanol–water partition coefficient (Wildman–Crippen LogP) is 2.20. The van der Waals surface area contributed by atoms with Crippen LogP contribution in [0, 0.1) is 6.92 Å². The zero-order chi connectivity index (χ0) is 15.6. The molecule has 1 atom stereocenters. The summed E-state index contributed by atoms with van der Waals surface area (Å²) < 4.78 is 0. The normalized spacial score (nSPS) is 17.8. The molecule has 0 bridgehead atoms. The molecule has 2 N–H and O–H groups in total. The Balaban J connectivity index is 2.30. The lowest BCUT2D eigenvalue weighted by molar-refractivity contribution is -0.141. The Morgan fingerprint density at radius 2 is 2.14 bits per heavy atom. The number of urea groups is 1. The topological polar surface area (TPSA) is 81.1 Å². The van der Waals surface area contributed by atoms with Crippen LogP contribution >= 0.6 is 0 Å². The Hall–Kier alpha value is -2.24. The first-order valence-electron chi connectivity index (χ1n) is 7.06. The molecule has 2 amide bonds. The zero-order valence-corrected chi connectivity index (χ0v) is 12.2. The SMILES string of the molecule is CCN(C(=O)N1CCC[C@@H]1C(=O)O)c1cc(O)ccc1C. The number of carboxylic acids is 1. The van der Waals surface area contributed by atoms with E-state index in [0.29, 0.717) is 31.6 Å². The van der Waals surface area contributed by atoms with Crippen molar-refractivity contribution in [3.8, 4) is 5.75 Å². The summed E-state index contributed by atoms with van der Waals surface area (Å²) in [6, 6.07) is 3.75. The average Bonchev–Trinajstić information content (AvgIpc) is 2.92. The summed E-state index contributed by atoms with van der Waals surface area (Å²) in [6.07, 6.45) is 1.18. The number of benzene rings is 1. The number of aromatic hydroxyl groups is 1. The van der Waals surface area contributed by atoms with Gasteiger partial charge in [-0.25, -0.2) is 9.59 Å². The molecule has 114 valence electrons. The van der Waals surface area contributed by atoms with Crippen LogP contribution in [-0.2, 0) is 4.79 Å². The van der Waals surface area contributed by atoms with Crippen LogP contribution in [0.25, 0.3) is 0 Å². The quantitative estimate of drug-likeness (QED) is 0.895. The molecule has 0 unspecified atom stereocenters. The molecule has 1 saturated heterocycles. The molecular weight excluding hydrogens is 272 g/mol. The smallest absolute Gasteiger partial charge is 0.326 e. The highest BCUT2D eigenvalue weighted by Crippen LogP contribution is 2.28. The largest absolute Gasteiger partial charge is 0.508 e. The summed E-state index contributed by atoms with van der Waals surface area (Å²) in [5.74, 6) is -0.886. The third kappa shape index (κ3) is 2.94. The lowest BCUT2D eigenvalue weighted by Gasteiger charge is -2.30. The van der Waals surface area contributed by atoms with Gasteiger partial charge in [0.1, 0.15) is 11.8 Å². The lowest BCUT2D eigenvalue weighted by atomic mass is 10.1. The molecule has 1 heterocycles. The fourth-order valence-electron chi connectivity index (χ4n) is 2.70. The molecule has 6 heteroatoms. The number of nitrogens with zero attached hydrogens (tertiary/aromatic N) is 2. The Labute approximate surface area is 123 Å².